The zero-order valence-electron chi connectivity index (χ0n) is 14.4. The number of anilines is 1. The van der Waals surface area contributed by atoms with Gasteiger partial charge >= 0.3 is 5.97 Å². The van der Waals surface area contributed by atoms with Gasteiger partial charge in [-0.15, -0.1) is 0 Å². The number of para-hydroxylation sites is 2. The van der Waals surface area contributed by atoms with E-state index in [1.165, 1.54) is 0 Å². The second-order valence-electron chi connectivity index (χ2n) is 5.23. The molecule has 0 saturated heterocycles. The van der Waals surface area contributed by atoms with Crippen molar-refractivity contribution in [1.29, 1.82) is 0 Å². The van der Waals surface area contributed by atoms with Crippen molar-refractivity contribution in [1.82, 2.24) is 4.98 Å². The lowest BCUT2D eigenvalue weighted by Crippen LogP contribution is -2.15. The summed E-state index contributed by atoms with van der Waals surface area (Å²) >= 11 is 0. The highest BCUT2D eigenvalue weighted by Gasteiger charge is 2.23. The zero-order chi connectivity index (χ0) is 17.7. The Morgan fingerprint density at radius 1 is 1.12 bits per heavy atom. The van der Waals surface area contributed by atoms with Crippen LogP contribution >= 0.6 is 0 Å². The highest BCUT2D eigenvalue weighted by atomic mass is 16.5. The minimum atomic E-state index is -0.466. The number of aryl methyl sites for hydroxylation is 1. The molecule has 1 heterocycles. The standard InChI is InChI=1S/C18H22N2O4/c1-5-23-14-10-8-7-9-13(14)20-17(21)15-11(3)16(19-12(15)4)18(22)24-6-2/h7-10,19H,5-6H2,1-4H3,(H,20,21). The highest BCUT2D eigenvalue weighted by Crippen LogP contribution is 2.26. The van der Waals surface area contributed by atoms with Crippen LogP contribution in [0.2, 0.25) is 0 Å². The molecule has 2 N–H and O–H groups in total. The summed E-state index contributed by atoms with van der Waals surface area (Å²) in [5, 5.41) is 2.84. The summed E-state index contributed by atoms with van der Waals surface area (Å²) in [7, 11) is 0. The second-order valence-corrected chi connectivity index (χ2v) is 5.23. The first-order chi connectivity index (χ1) is 11.5. The van der Waals surface area contributed by atoms with Gasteiger partial charge in [-0.05, 0) is 45.4 Å². The number of esters is 1. The van der Waals surface area contributed by atoms with Crippen LogP contribution in [0.1, 0.15) is 46.0 Å². The summed E-state index contributed by atoms with van der Waals surface area (Å²) in [6.45, 7) is 7.87. The minimum absolute atomic E-state index is 0.277. The van der Waals surface area contributed by atoms with E-state index in [-0.39, 0.29) is 12.5 Å². The Balaban J connectivity index is 2.30. The van der Waals surface area contributed by atoms with Crippen LogP contribution < -0.4 is 10.1 Å². The SMILES string of the molecule is CCOC(=O)c1[nH]c(C)c(C(=O)Nc2ccccc2OCC)c1C. The van der Waals surface area contributed by atoms with Gasteiger partial charge in [-0.2, -0.15) is 0 Å². The third kappa shape index (κ3) is 3.59. The van der Waals surface area contributed by atoms with E-state index >= 15 is 0 Å². The number of carbonyl (C=O) groups is 2. The summed E-state index contributed by atoms with van der Waals surface area (Å²) < 4.78 is 10.5. The van der Waals surface area contributed by atoms with Crippen molar-refractivity contribution in [2.24, 2.45) is 0 Å². The van der Waals surface area contributed by atoms with Crippen LogP contribution in [0, 0.1) is 13.8 Å². The molecule has 0 fully saturated rings. The molecule has 0 unspecified atom stereocenters. The number of benzene rings is 1. The molecule has 1 aromatic heterocycles. The van der Waals surface area contributed by atoms with E-state index in [0.717, 1.165) is 0 Å². The van der Waals surface area contributed by atoms with Crippen molar-refractivity contribution >= 4 is 17.6 Å². The number of aromatic nitrogens is 1. The Labute approximate surface area is 141 Å². The Hall–Kier alpha value is -2.76. The normalized spacial score (nSPS) is 10.3. The van der Waals surface area contributed by atoms with Crippen LogP contribution in [0.15, 0.2) is 24.3 Å². The topological polar surface area (TPSA) is 80.4 Å². The van der Waals surface area contributed by atoms with Gasteiger partial charge in [-0.3, -0.25) is 4.79 Å². The fourth-order valence-electron chi connectivity index (χ4n) is 2.53. The van der Waals surface area contributed by atoms with Gasteiger partial charge in [0.1, 0.15) is 11.4 Å². The van der Waals surface area contributed by atoms with Crippen LogP contribution in [0.4, 0.5) is 5.69 Å². The molecule has 1 aromatic carbocycles. The van der Waals surface area contributed by atoms with Gasteiger partial charge in [0.05, 0.1) is 24.5 Å². The molecule has 0 spiro atoms. The molecule has 0 aliphatic rings. The Bertz CT molecular complexity index is 749. The van der Waals surface area contributed by atoms with Crippen molar-refractivity contribution < 1.29 is 19.1 Å². The minimum Gasteiger partial charge on any atom is -0.492 e. The molecule has 2 rings (SSSR count). The summed E-state index contributed by atoms with van der Waals surface area (Å²) in [6.07, 6.45) is 0. The lowest BCUT2D eigenvalue weighted by molar-refractivity contribution is 0.0519. The van der Waals surface area contributed by atoms with Gasteiger partial charge in [-0.25, -0.2) is 4.79 Å². The molecule has 128 valence electrons. The lowest BCUT2D eigenvalue weighted by Gasteiger charge is -2.11. The van der Waals surface area contributed by atoms with Crippen molar-refractivity contribution in [2.75, 3.05) is 18.5 Å². The Morgan fingerprint density at radius 3 is 2.50 bits per heavy atom. The van der Waals surface area contributed by atoms with Gasteiger partial charge in [0.15, 0.2) is 0 Å². The summed E-state index contributed by atoms with van der Waals surface area (Å²) in [6, 6.07) is 7.22. The van der Waals surface area contributed by atoms with Crippen LogP contribution in [-0.2, 0) is 4.74 Å². The molecule has 0 aliphatic carbocycles. The molecular formula is C18H22N2O4. The van der Waals surface area contributed by atoms with Crippen molar-refractivity contribution in [3.8, 4) is 5.75 Å². The predicted octanol–water partition coefficient (Wildman–Crippen LogP) is 3.46. The molecule has 24 heavy (non-hydrogen) atoms. The lowest BCUT2D eigenvalue weighted by atomic mass is 10.1. The van der Waals surface area contributed by atoms with Gasteiger partial charge in [0.2, 0.25) is 0 Å². The summed E-state index contributed by atoms with van der Waals surface area (Å²) in [5.74, 6) is -0.166. The first-order valence-electron chi connectivity index (χ1n) is 7.89. The number of carbonyl (C=O) groups excluding carboxylic acids is 2. The number of hydrogen-bond acceptors (Lipinski definition) is 4. The monoisotopic (exact) mass is 330 g/mol. The molecule has 0 saturated carbocycles. The maximum atomic E-state index is 12.7. The number of rotatable bonds is 6. The van der Waals surface area contributed by atoms with Crippen molar-refractivity contribution in [2.45, 2.75) is 27.7 Å². The average Bonchev–Trinajstić information content (AvgIpc) is 2.84. The van der Waals surface area contributed by atoms with Crippen molar-refractivity contribution in [3.63, 3.8) is 0 Å². The quantitative estimate of drug-likeness (QED) is 0.795. The third-order valence-corrected chi connectivity index (χ3v) is 3.58. The highest BCUT2D eigenvalue weighted by molar-refractivity contribution is 6.08. The van der Waals surface area contributed by atoms with Gasteiger partial charge in [-0.1, -0.05) is 12.1 Å². The molecule has 2 aromatic rings. The number of nitrogens with one attached hydrogen (secondary N) is 2. The maximum absolute atomic E-state index is 12.7. The third-order valence-electron chi connectivity index (χ3n) is 3.58. The predicted molar refractivity (Wildman–Crippen MR) is 91.8 cm³/mol. The molecule has 6 nitrogen and oxygen atoms in total. The van der Waals surface area contributed by atoms with E-state index in [1.54, 1.807) is 32.9 Å². The average molecular weight is 330 g/mol. The molecule has 0 atom stereocenters. The fraction of sp³-hybridized carbons (Fsp3) is 0.333. The molecule has 6 heteroatoms. The van der Waals surface area contributed by atoms with Crippen molar-refractivity contribution in [3.05, 3.63) is 46.8 Å². The molecule has 0 radical (unpaired) electrons. The molecular weight excluding hydrogens is 308 g/mol. The molecule has 0 aliphatic heterocycles. The van der Waals surface area contributed by atoms with Gasteiger partial charge in [0, 0.05) is 5.69 Å². The Morgan fingerprint density at radius 2 is 1.83 bits per heavy atom. The van der Waals surface area contributed by atoms with E-state index in [0.29, 0.717) is 40.6 Å². The smallest absolute Gasteiger partial charge is 0.355 e. The zero-order valence-corrected chi connectivity index (χ0v) is 14.4. The van der Waals surface area contributed by atoms with E-state index in [1.807, 2.05) is 19.1 Å². The van der Waals surface area contributed by atoms with Crippen LogP contribution in [-0.4, -0.2) is 30.1 Å². The van der Waals surface area contributed by atoms with E-state index < -0.39 is 5.97 Å². The van der Waals surface area contributed by atoms with Crippen LogP contribution in [0.5, 0.6) is 5.75 Å². The largest absolute Gasteiger partial charge is 0.492 e. The number of hydrogen-bond donors (Lipinski definition) is 2. The number of ether oxygens (including phenoxy) is 2. The van der Waals surface area contributed by atoms with E-state index in [9.17, 15) is 9.59 Å². The van der Waals surface area contributed by atoms with Gasteiger partial charge < -0.3 is 19.8 Å². The molecule has 0 bridgehead atoms. The first-order valence-corrected chi connectivity index (χ1v) is 7.89. The Kier molecular flexibility index (Phi) is 5.63. The first kappa shape index (κ1) is 17.6. The summed E-state index contributed by atoms with van der Waals surface area (Å²) in [4.78, 5) is 27.6. The molecule has 1 amide bonds. The number of aromatic amines is 1. The van der Waals surface area contributed by atoms with E-state index in [2.05, 4.69) is 10.3 Å². The van der Waals surface area contributed by atoms with E-state index in [4.69, 9.17) is 9.47 Å². The second kappa shape index (κ2) is 7.68. The maximum Gasteiger partial charge on any atom is 0.355 e. The number of H-pyrrole nitrogens is 1. The number of amides is 1. The summed E-state index contributed by atoms with van der Waals surface area (Å²) in [5.41, 5.74) is 2.50. The van der Waals surface area contributed by atoms with Crippen LogP contribution in [0.25, 0.3) is 0 Å². The van der Waals surface area contributed by atoms with Crippen LogP contribution in [0.3, 0.4) is 0 Å². The van der Waals surface area contributed by atoms with Gasteiger partial charge in [0.25, 0.3) is 5.91 Å². The fourth-order valence-corrected chi connectivity index (χ4v) is 2.53.